The fourth-order valence-corrected chi connectivity index (χ4v) is 4.83. The van der Waals surface area contributed by atoms with Crippen LogP contribution < -0.4 is 9.47 Å². The lowest BCUT2D eigenvalue weighted by atomic mass is 9.87. The smallest absolute Gasteiger partial charge is 0.228 e. The number of nitrogens with zero attached hydrogens (tertiary/aromatic N) is 2. The molecule has 33 heavy (non-hydrogen) atoms. The molecule has 0 spiro atoms. The van der Waals surface area contributed by atoms with Gasteiger partial charge >= 0.3 is 0 Å². The summed E-state index contributed by atoms with van der Waals surface area (Å²) < 4.78 is 18.7. The molecule has 1 aromatic heterocycles. The van der Waals surface area contributed by atoms with E-state index in [4.69, 9.17) is 13.9 Å². The van der Waals surface area contributed by atoms with Gasteiger partial charge in [0.15, 0.2) is 0 Å². The monoisotopic (exact) mass is 430 g/mol. The number of rotatable bonds is 2. The number of hydrogen-bond donors (Lipinski definition) is 0. The highest BCUT2D eigenvalue weighted by atomic mass is 16.5. The molecule has 0 radical (unpaired) electrons. The second-order valence-electron chi connectivity index (χ2n) is 8.20. The zero-order chi connectivity index (χ0) is 21.8. The van der Waals surface area contributed by atoms with E-state index in [2.05, 4.69) is 34.5 Å². The summed E-state index contributed by atoms with van der Waals surface area (Å²) >= 11 is 0. The van der Waals surface area contributed by atoms with Crippen molar-refractivity contribution in [3.05, 3.63) is 131 Å². The molecule has 2 aliphatic rings. The predicted octanol–water partition coefficient (Wildman–Crippen LogP) is 6.64. The molecule has 5 aromatic rings. The maximum atomic E-state index is 6.46. The Morgan fingerprint density at radius 1 is 0.424 bits per heavy atom. The van der Waals surface area contributed by atoms with Crippen molar-refractivity contribution in [2.45, 2.75) is 11.8 Å². The summed E-state index contributed by atoms with van der Waals surface area (Å²) in [6.07, 6.45) is 0. The van der Waals surface area contributed by atoms with Gasteiger partial charge in [0, 0.05) is 22.3 Å². The Hall–Kier alpha value is -4.38. The minimum Gasteiger partial charge on any atom is -0.457 e. The molecule has 158 valence electrons. The van der Waals surface area contributed by atoms with Gasteiger partial charge in [-0.1, -0.05) is 72.8 Å². The molecule has 5 heteroatoms. The Bertz CT molecular complexity index is 1300. The Kier molecular flexibility index (Phi) is 3.90. The molecule has 5 nitrogen and oxygen atoms in total. The average molecular weight is 430 g/mol. The van der Waals surface area contributed by atoms with Gasteiger partial charge in [-0.3, -0.25) is 0 Å². The topological polar surface area (TPSA) is 57.4 Å². The van der Waals surface area contributed by atoms with Crippen LogP contribution in [0.5, 0.6) is 23.0 Å². The van der Waals surface area contributed by atoms with Gasteiger partial charge in [-0.2, -0.15) is 0 Å². The Morgan fingerprint density at radius 3 is 1.06 bits per heavy atom. The van der Waals surface area contributed by atoms with E-state index in [0.717, 1.165) is 45.3 Å². The average Bonchev–Trinajstić information content (AvgIpc) is 3.35. The van der Waals surface area contributed by atoms with Gasteiger partial charge in [0.1, 0.15) is 23.0 Å². The third-order valence-electron chi connectivity index (χ3n) is 6.31. The van der Waals surface area contributed by atoms with Crippen molar-refractivity contribution in [3.8, 4) is 23.0 Å². The highest BCUT2D eigenvalue weighted by Gasteiger charge is 2.36. The van der Waals surface area contributed by atoms with Crippen LogP contribution in [0.25, 0.3) is 0 Å². The molecule has 0 amide bonds. The largest absolute Gasteiger partial charge is 0.457 e. The van der Waals surface area contributed by atoms with E-state index in [0.29, 0.717) is 11.8 Å². The van der Waals surface area contributed by atoms with Crippen LogP contribution >= 0.6 is 0 Å². The third-order valence-corrected chi connectivity index (χ3v) is 6.31. The van der Waals surface area contributed by atoms with Crippen LogP contribution in [0, 0.1) is 0 Å². The molecular weight excluding hydrogens is 412 g/mol. The summed E-state index contributed by atoms with van der Waals surface area (Å²) in [5.74, 6) is 3.94. The van der Waals surface area contributed by atoms with Crippen LogP contribution in [0.1, 0.15) is 45.9 Å². The van der Waals surface area contributed by atoms with Gasteiger partial charge in [0.05, 0.1) is 11.8 Å². The fourth-order valence-electron chi connectivity index (χ4n) is 4.83. The van der Waals surface area contributed by atoms with Crippen molar-refractivity contribution >= 4 is 0 Å². The number of aromatic nitrogens is 2. The maximum absolute atomic E-state index is 6.46. The first-order valence-corrected chi connectivity index (χ1v) is 10.9. The van der Waals surface area contributed by atoms with Gasteiger partial charge in [-0.15, -0.1) is 10.2 Å². The van der Waals surface area contributed by atoms with Crippen LogP contribution in [-0.2, 0) is 0 Å². The van der Waals surface area contributed by atoms with Crippen LogP contribution in [0.4, 0.5) is 0 Å². The lowest BCUT2D eigenvalue weighted by Gasteiger charge is -2.27. The third kappa shape index (κ3) is 2.79. The van der Waals surface area contributed by atoms with Gasteiger partial charge in [0.25, 0.3) is 0 Å². The van der Waals surface area contributed by atoms with Crippen molar-refractivity contribution in [1.82, 2.24) is 10.2 Å². The molecule has 0 bridgehead atoms. The standard InChI is InChI=1S/C28H18N2O3/c1-5-13-21-17(9-1)25(18-10-2-6-14-22(18)31-21)27-29-30-28(33-27)26-19-11-3-7-15-23(19)32-24-16-8-4-12-20(24)26/h1-16,25-26H. The van der Waals surface area contributed by atoms with Crippen LogP contribution in [0.2, 0.25) is 0 Å². The fraction of sp³-hybridized carbons (Fsp3) is 0.0714. The zero-order valence-electron chi connectivity index (χ0n) is 17.5. The molecule has 0 N–H and O–H groups in total. The molecule has 4 aromatic carbocycles. The number of fused-ring (bicyclic) bond motifs is 4. The highest BCUT2D eigenvalue weighted by molar-refractivity contribution is 5.57. The summed E-state index contributed by atoms with van der Waals surface area (Å²) in [7, 11) is 0. The van der Waals surface area contributed by atoms with Crippen molar-refractivity contribution in [1.29, 1.82) is 0 Å². The molecule has 0 aliphatic carbocycles. The van der Waals surface area contributed by atoms with Gasteiger partial charge in [0.2, 0.25) is 11.8 Å². The summed E-state index contributed by atoms with van der Waals surface area (Å²) in [4.78, 5) is 0. The van der Waals surface area contributed by atoms with E-state index in [9.17, 15) is 0 Å². The molecule has 0 unspecified atom stereocenters. The van der Waals surface area contributed by atoms with E-state index in [-0.39, 0.29) is 11.8 Å². The molecule has 0 atom stereocenters. The zero-order valence-corrected chi connectivity index (χ0v) is 17.5. The van der Waals surface area contributed by atoms with Gasteiger partial charge < -0.3 is 13.9 Å². The van der Waals surface area contributed by atoms with Crippen molar-refractivity contribution in [2.75, 3.05) is 0 Å². The Labute approximate surface area is 190 Å². The van der Waals surface area contributed by atoms with Crippen molar-refractivity contribution in [2.24, 2.45) is 0 Å². The first-order chi connectivity index (χ1) is 16.4. The predicted molar refractivity (Wildman–Crippen MR) is 122 cm³/mol. The molecule has 0 fully saturated rings. The lowest BCUT2D eigenvalue weighted by molar-refractivity contribution is 0.397. The van der Waals surface area contributed by atoms with E-state index in [1.807, 2.05) is 72.8 Å². The summed E-state index contributed by atoms with van der Waals surface area (Å²) in [5.41, 5.74) is 4.05. The number of hydrogen-bond acceptors (Lipinski definition) is 5. The van der Waals surface area contributed by atoms with E-state index >= 15 is 0 Å². The molecule has 0 saturated carbocycles. The first kappa shape index (κ1) is 18.2. The molecule has 0 saturated heterocycles. The van der Waals surface area contributed by atoms with E-state index < -0.39 is 0 Å². The van der Waals surface area contributed by atoms with Gasteiger partial charge in [-0.25, -0.2) is 0 Å². The van der Waals surface area contributed by atoms with Crippen LogP contribution in [0.15, 0.2) is 101 Å². The van der Waals surface area contributed by atoms with Crippen LogP contribution in [-0.4, -0.2) is 10.2 Å². The molecular formula is C28H18N2O3. The normalized spacial score (nSPS) is 14.3. The van der Waals surface area contributed by atoms with Gasteiger partial charge in [-0.05, 0) is 24.3 Å². The summed E-state index contributed by atoms with van der Waals surface area (Å²) in [6, 6.07) is 32.0. The quantitative estimate of drug-likeness (QED) is 0.308. The van der Waals surface area contributed by atoms with Crippen molar-refractivity contribution in [3.63, 3.8) is 0 Å². The van der Waals surface area contributed by atoms with Crippen LogP contribution in [0.3, 0.4) is 0 Å². The van der Waals surface area contributed by atoms with E-state index in [1.165, 1.54) is 0 Å². The lowest BCUT2D eigenvalue weighted by Crippen LogP contribution is -2.12. The van der Waals surface area contributed by atoms with Crippen molar-refractivity contribution < 1.29 is 13.9 Å². The number of para-hydroxylation sites is 4. The second kappa shape index (κ2) is 7.07. The summed E-state index contributed by atoms with van der Waals surface area (Å²) in [5, 5.41) is 9.09. The minimum atomic E-state index is -0.197. The first-order valence-electron chi connectivity index (χ1n) is 10.9. The SMILES string of the molecule is c1ccc2c(c1)Oc1ccccc1C2c1nnc(C2c3ccccc3Oc3ccccc32)o1. The highest BCUT2D eigenvalue weighted by Crippen LogP contribution is 2.49. The molecule has 2 aliphatic heterocycles. The second-order valence-corrected chi connectivity index (χ2v) is 8.20. The number of benzene rings is 4. The Balaban J connectivity index is 1.39. The maximum Gasteiger partial charge on any atom is 0.228 e. The minimum absolute atomic E-state index is 0.197. The summed E-state index contributed by atoms with van der Waals surface area (Å²) in [6.45, 7) is 0. The van der Waals surface area contributed by atoms with E-state index in [1.54, 1.807) is 0 Å². The molecule has 7 rings (SSSR count). The molecule has 3 heterocycles. The number of ether oxygens (including phenoxy) is 2. The Morgan fingerprint density at radius 2 is 0.727 bits per heavy atom.